The van der Waals surface area contributed by atoms with Gasteiger partial charge in [0, 0.05) is 5.56 Å². The van der Waals surface area contributed by atoms with Gasteiger partial charge in [0.2, 0.25) is 0 Å². The zero-order valence-electron chi connectivity index (χ0n) is 13.8. The van der Waals surface area contributed by atoms with E-state index in [4.69, 9.17) is 15.2 Å². The van der Waals surface area contributed by atoms with Crippen molar-refractivity contribution in [2.45, 2.75) is 26.6 Å². The van der Waals surface area contributed by atoms with Crippen LogP contribution in [0.1, 0.15) is 19.5 Å². The lowest BCUT2D eigenvalue weighted by Gasteiger charge is -2.09. The summed E-state index contributed by atoms with van der Waals surface area (Å²) >= 11 is 0. The molecule has 0 radical (unpaired) electrons. The Morgan fingerprint density at radius 3 is 2.54 bits per heavy atom. The number of benzene rings is 2. The number of nitrogens with zero attached hydrogens (tertiary/aromatic N) is 1. The van der Waals surface area contributed by atoms with Crippen molar-refractivity contribution in [2.24, 2.45) is 0 Å². The molecule has 0 aliphatic carbocycles. The predicted molar refractivity (Wildman–Crippen MR) is 95.0 cm³/mol. The van der Waals surface area contributed by atoms with E-state index < -0.39 is 0 Å². The van der Waals surface area contributed by atoms with Gasteiger partial charge >= 0.3 is 0 Å². The van der Waals surface area contributed by atoms with Crippen LogP contribution in [0.3, 0.4) is 0 Å². The molecule has 5 heteroatoms. The maximum absolute atomic E-state index is 5.87. The molecule has 0 aliphatic rings. The van der Waals surface area contributed by atoms with Gasteiger partial charge in [-0.3, -0.25) is 5.10 Å². The van der Waals surface area contributed by atoms with Gasteiger partial charge in [0.25, 0.3) is 0 Å². The molecule has 0 saturated heterocycles. The lowest BCUT2D eigenvalue weighted by Crippen LogP contribution is -2.05. The highest BCUT2D eigenvalue weighted by atomic mass is 16.5. The first kappa shape index (κ1) is 15.9. The molecule has 0 saturated carbocycles. The lowest BCUT2D eigenvalue weighted by atomic mass is 10.1. The van der Waals surface area contributed by atoms with Crippen molar-refractivity contribution < 1.29 is 9.47 Å². The molecule has 0 bridgehead atoms. The van der Waals surface area contributed by atoms with Gasteiger partial charge in [-0.15, -0.1) is 0 Å². The van der Waals surface area contributed by atoms with Crippen LogP contribution < -0.4 is 15.2 Å². The number of nitrogen functional groups attached to an aromatic ring is 1. The number of rotatable bonds is 6. The zero-order valence-corrected chi connectivity index (χ0v) is 13.8. The second-order valence-corrected chi connectivity index (χ2v) is 5.80. The normalized spacial score (nSPS) is 10.8. The van der Waals surface area contributed by atoms with E-state index in [1.54, 1.807) is 0 Å². The molecule has 0 aliphatic heterocycles. The standard InChI is InChI=1S/C19H21N3O2/c1-13(2)24-16-9-7-14(8-10-16)18-11-15(21-22-18)12-23-19-6-4-3-5-17(19)20/h3-11,13H,12,20H2,1-2H3,(H,21,22). The van der Waals surface area contributed by atoms with Crippen molar-refractivity contribution in [1.29, 1.82) is 0 Å². The molecule has 5 nitrogen and oxygen atoms in total. The van der Waals surface area contributed by atoms with Crippen molar-refractivity contribution in [1.82, 2.24) is 10.2 Å². The summed E-state index contributed by atoms with van der Waals surface area (Å²) in [5.74, 6) is 1.52. The van der Waals surface area contributed by atoms with Crippen molar-refractivity contribution in [3.63, 3.8) is 0 Å². The highest BCUT2D eigenvalue weighted by Crippen LogP contribution is 2.24. The molecular formula is C19H21N3O2. The molecule has 0 atom stereocenters. The Hall–Kier alpha value is -2.95. The van der Waals surface area contributed by atoms with Crippen molar-refractivity contribution in [3.05, 3.63) is 60.3 Å². The van der Waals surface area contributed by atoms with E-state index in [0.29, 0.717) is 18.0 Å². The second-order valence-electron chi connectivity index (χ2n) is 5.80. The van der Waals surface area contributed by atoms with Crippen LogP contribution >= 0.6 is 0 Å². The molecule has 3 rings (SSSR count). The van der Waals surface area contributed by atoms with E-state index in [0.717, 1.165) is 22.7 Å². The Morgan fingerprint density at radius 1 is 1.08 bits per heavy atom. The molecule has 24 heavy (non-hydrogen) atoms. The first-order chi connectivity index (χ1) is 11.6. The van der Waals surface area contributed by atoms with Crippen LogP contribution in [-0.2, 0) is 6.61 Å². The molecule has 3 N–H and O–H groups in total. The van der Waals surface area contributed by atoms with E-state index in [9.17, 15) is 0 Å². The number of nitrogens with two attached hydrogens (primary N) is 1. The third-order valence-electron chi connectivity index (χ3n) is 3.45. The molecule has 124 valence electrons. The van der Waals surface area contributed by atoms with Crippen molar-refractivity contribution in [3.8, 4) is 22.8 Å². The van der Waals surface area contributed by atoms with Gasteiger partial charge in [0.1, 0.15) is 18.1 Å². The van der Waals surface area contributed by atoms with Crippen LogP contribution in [0.5, 0.6) is 11.5 Å². The van der Waals surface area contributed by atoms with Crippen LogP contribution in [0.2, 0.25) is 0 Å². The SMILES string of the molecule is CC(C)Oc1ccc(-c2cc(COc3ccccc3N)[nH]n2)cc1. The van der Waals surface area contributed by atoms with Gasteiger partial charge in [-0.05, 0) is 56.3 Å². The lowest BCUT2D eigenvalue weighted by molar-refractivity contribution is 0.242. The Kier molecular flexibility index (Phi) is 4.70. The Labute approximate surface area is 141 Å². The number of ether oxygens (including phenoxy) is 2. The number of aromatic nitrogens is 2. The fourth-order valence-electron chi connectivity index (χ4n) is 2.33. The fourth-order valence-corrected chi connectivity index (χ4v) is 2.33. The zero-order chi connectivity index (χ0) is 16.9. The molecule has 1 aromatic heterocycles. The predicted octanol–water partition coefficient (Wildman–Crippen LogP) is 4.03. The molecule has 0 fully saturated rings. The number of hydrogen-bond donors (Lipinski definition) is 2. The Balaban J connectivity index is 1.66. The van der Waals surface area contributed by atoms with Gasteiger partial charge in [0.15, 0.2) is 0 Å². The molecule has 2 aromatic carbocycles. The summed E-state index contributed by atoms with van der Waals surface area (Å²) in [6.45, 7) is 4.40. The van der Waals surface area contributed by atoms with Crippen molar-refractivity contribution in [2.75, 3.05) is 5.73 Å². The quantitative estimate of drug-likeness (QED) is 0.672. The number of aromatic amines is 1. The number of hydrogen-bond acceptors (Lipinski definition) is 4. The number of nitrogens with one attached hydrogen (secondary N) is 1. The minimum atomic E-state index is 0.162. The van der Waals surface area contributed by atoms with Gasteiger partial charge < -0.3 is 15.2 Å². The minimum absolute atomic E-state index is 0.162. The minimum Gasteiger partial charge on any atom is -0.491 e. The van der Waals surface area contributed by atoms with E-state index in [1.165, 1.54) is 0 Å². The average molecular weight is 323 g/mol. The third-order valence-corrected chi connectivity index (χ3v) is 3.45. The third kappa shape index (κ3) is 3.87. The Morgan fingerprint density at radius 2 is 1.83 bits per heavy atom. The molecule has 0 unspecified atom stereocenters. The highest BCUT2D eigenvalue weighted by Gasteiger charge is 2.06. The first-order valence-corrected chi connectivity index (χ1v) is 7.90. The van der Waals surface area contributed by atoms with Gasteiger partial charge in [0.05, 0.1) is 23.2 Å². The molecular weight excluding hydrogens is 302 g/mol. The topological polar surface area (TPSA) is 73.2 Å². The van der Waals surface area contributed by atoms with Crippen LogP contribution in [0, 0.1) is 0 Å². The molecule has 0 amide bonds. The highest BCUT2D eigenvalue weighted by molar-refractivity contribution is 5.60. The summed E-state index contributed by atoms with van der Waals surface area (Å²) in [6, 6.07) is 17.3. The summed E-state index contributed by atoms with van der Waals surface area (Å²) < 4.78 is 11.4. The van der Waals surface area contributed by atoms with Crippen LogP contribution in [0.4, 0.5) is 5.69 Å². The number of anilines is 1. The van der Waals surface area contributed by atoms with E-state index in [1.807, 2.05) is 68.4 Å². The fraction of sp³-hybridized carbons (Fsp3) is 0.211. The van der Waals surface area contributed by atoms with Gasteiger partial charge in [-0.2, -0.15) is 5.10 Å². The molecule has 0 spiro atoms. The average Bonchev–Trinajstić information content (AvgIpc) is 3.03. The summed E-state index contributed by atoms with van der Waals surface area (Å²) in [7, 11) is 0. The summed E-state index contributed by atoms with van der Waals surface area (Å²) in [6.07, 6.45) is 0.162. The van der Waals surface area contributed by atoms with Crippen LogP contribution in [0.15, 0.2) is 54.6 Å². The maximum Gasteiger partial charge on any atom is 0.142 e. The van der Waals surface area contributed by atoms with Gasteiger partial charge in [-0.1, -0.05) is 12.1 Å². The van der Waals surface area contributed by atoms with Crippen LogP contribution in [0.25, 0.3) is 11.3 Å². The summed E-state index contributed by atoms with van der Waals surface area (Å²) in [5.41, 5.74) is 9.26. The number of para-hydroxylation sites is 2. The summed E-state index contributed by atoms with van der Waals surface area (Å²) in [5, 5.41) is 7.33. The second kappa shape index (κ2) is 7.08. The smallest absolute Gasteiger partial charge is 0.142 e. The van der Waals surface area contributed by atoms with Crippen molar-refractivity contribution >= 4 is 5.69 Å². The Bertz CT molecular complexity index is 794. The largest absolute Gasteiger partial charge is 0.491 e. The molecule has 3 aromatic rings. The van der Waals surface area contributed by atoms with Crippen LogP contribution in [-0.4, -0.2) is 16.3 Å². The van der Waals surface area contributed by atoms with Gasteiger partial charge in [-0.25, -0.2) is 0 Å². The van der Waals surface area contributed by atoms with E-state index in [2.05, 4.69) is 10.2 Å². The summed E-state index contributed by atoms with van der Waals surface area (Å²) in [4.78, 5) is 0. The first-order valence-electron chi connectivity index (χ1n) is 7.90. The monoisotopic (exact) mass is 323 g/mol. The maximum atomic E-state index is 5.87. The molecule has 1 heterocycles. The number of H-pyrrole nitrogens is 1. The van der Waals surface area contributed by atoms with E-state index >= 15 is 0 Å². The van der Waals surface area contributed by atoms with E-state index in [-0.39, 0.29) is 6.10 Å².